The van der Waals surface area contributed by atoms with Gasteiger partial charge in [0.25, 0.3) is 0 Å². The average Bonchev–Trinajstić information content (AvgIpc) is 2.60. The standard InChI is InChI=1S/C17H26N4OS/c1-4-20(5-2)11-12-21(17(23-3)19-15-18)13-14-22-16-9-7-6-8-10-16/h6-10H,4-5,11-14H2,1-3H3. The minimum atomic E-state index is 0.563. The number of hydrogen-bond donors (Lipinski definition) is 0. The lowest BCUT2D eigenvalue weighted by Crippen LogP contribution is -2.39. The van der Waals surface area contributed by atoms with Gasteiger partial charge >= 0.3 is 0 Å². The van der Waals surface area contributed by atoms with E-state index >= 15 is 0 Å². The summed E-state index contributed by atoms with van der Waals surface area (Å²) in [6, 6.07) is 9.77. The Hall–Kier alpha value is -1.71. The topological polar surface area (TPSA) is 51.9 Å². The van der Waals surface area contributed by atoms with Crippen molar-refractivity contribution in [2.75, 3.05) is 45.6 Å². The van der Waals surface area contributed by atoms with Gasteiger partial charge in [-0.25, -0.2) is 0 Å². The molecule has 0 atom stereocenters. The SMILES string of the molecule is CCN(CC)CCN(CCOc1ccccc1)C(=NC#N)SC. The maximum Gasteiger partial charge on any atom is 0.208 e. The first-order valence-corrected chi connectivity index (χ1v) is 9.13. The van der Waals surface area contributed by atoms with E-state index in [2.05, 4.69) is 28.6 Å². The molecule has 5 nitrogen and oxygen atoms in total. The largest absolute Gasteiger partial charge is 0.492 e. The first-order valence-electron chi connectivity index (χ1n) is 7.91. The summed E-state index contributed by atoms with van der Waals surface area (Å²) in [7, 11) is 0. The van der Waals surface area contributed by atoms with E-state index in [4.69, 9.17) is 10.00 Å². The minimum absolute atomic E-state index is 0.563. The van der Waals surface area contributed by atoms with E-state index in [9.17, 15) is 0 Å². The van der Waals surface area contributed by atoms with Gasteiger partial charge in [0, 0.05) is 13.1 Å². The molecular weight excluding hydrogens is 308 g/mol. The fourth-order valence-corrected chi connectivity index (χ4v) is 2.76. The predicted molar refractivity (Wildman–Crippen MR) is 97.9 cm³/mol. The van der Waals surface area contributed by atoms with Crippen LogP contribution in [-0.2, 0) is 0 Å². The molecule has 0 heterocycles. The smallest absolute Gasteiger partial charge is 0.208 e. The second-order valence-electron chi connectivity index (χ2n) is 4.87. The first kappa shape index (κ1) is 19.3. The Balaban J connectivity index is 2.59. The van der Waals surface area contributed by atoms with Crippen LogP contribution in [0, 0.1) is 11.5 Å². The second-order valence-corrected chi connectivity index (χ2v) is 5.65. The van der Waals surface area contributed by atoms with E-state index in [1.807, 2.05) is 42.8 Å². The molecule has 0 radical (unpaired) electrons. The lowest BCUT2D eigenvalue weighted by molar-refractivity contribution is 0.237. The number of para-hydroxylation sites is 1. The van der Waals surface area contributed by atoms with Gasteiger partial charge in [-0.05, 0) is 31.5 Å². The Morgan fingerprint density at radius 2 is 1.87 bits per heavy atom. The first-order chi connectivity index (χ1) is 11.2. The van der Waals surface area contributed by atoms with E-state index in [-0.39, 0.29) is 0 Å². The Kier molecular flexibility index (Phi) is 9.92. The predicted octanol–water partition coefficient (Wildman–Crippen LogP) is 2.91. The van der Waals surface area contributed by atoms with Gasteiger partial charge in [-0.3, -0.25) is 0 Å². The maximum absolute atomic E-state index is 8.87. The van der Waals surface area contributed by atoms with Gasteiger partial charge in [0.15, 0.2) is 5.17 Å². The average molecular weight is 334 g/mol. The number of nitrogens with zero attached hydrogens (tertiary/aromatic N) is 4. The van der Waals surface area contributed by atoms with Crippen LogP contribution in [0.1, 0.15) is 13.8 Å². The molecule has 0 amide bonds. The van der Waals surface area contributed by atoms with E-state index in [0.717, 1.165) is 37.1 Å². The number of aliphatic imine (C=N–C) groups is 1. The number of benzene rings is 1. The minimum Gasteiger partial charge on any atom is -0.492 e. The highest BCUT2D eigenvalue weighted by Gasteiger charge is 2.12. The van der Waals surface area contributed by atoms with Crippen LogP contribution in [0.2, 0.25) is 0 Å². The third kappa shape index (κ3) is 7.40. The van der Waals surface area contributed by atoms with Gasteiger partial charge in [0.1, 0.15) is 12.4 Å². The van der Waals surface area contributed by atoms with Gasteiger partial charge in [0.2, 0.25) is 6.19 Å². The van der Waals surface area contributed by atoms with Gasteiger partial charge in [0.05, 0.1) is 6.54 Å². The van der Waals surface area contributed by atoms with Crippen LogP contribution in [-0.4, -0.2) is 60.6 Å². The highest BCUT2D eigenvalue weighted by Crippen LogP contribution is 2.10. The molecule has 1 rings (SSSR count). The molecule has 0 fully saturated rings. The summed E-state index contributed by atoms with van der Waals surface area (Å²) in [5.74, 6) is 0.860. The zero-order valence-corrected chi connectivity index (χ0v) is 15.1. The van der Waals surface area contributed by atoms with Crippen LogP contribution in [0.15, 0.2) is 35.3 Å². The summed E-state index contributed by atoms with van der Waals surface area (Å²) < 4.78 is 5.77. The number of likely N-dealkylation sites (N-methyl/N-ethyl adjacent to an activating group) is 1. The summed E-state index contributed by atoms with van der Waals surface area (Å²) in [5, 5.41) is 9.62. The van der Waals surface area contributed by atoms with Crippen LogP contribution in [0.25, 0.3) is 0 Å². The molecule has 0 aliphatic rings. The Labute approximate surface area is 143 Å². The van der Waals surface area contributed by atoms with Crippen molar-refractivity contribution >= 4 is 16.9 Å². The molecule has 0 saturated carbocycles. The van der Waals surface area contributed by atoms with Crippen LogP contribution in [0.5, 0.6) is 5.75 Å². The van der Waals surface area contributed by atoms with E-state index < -0.39 is 0 Å². The molecule has 1 aromatic rings. The number of amidine groups is 1. The van der Waals surface area contributed by atoms with Gasteiger partial charge in [-0.2, -0.15) is 5.26 Å². The summed E-state index contributed by atoms with van der Waals surface area (Å²) >= 11 is 1.50. The normalized spacial score (nSPS) is 11.3. The fourth-order valence-electron chi connectivity index (χ4n) is 2.18. The zero-order chi connectivity index (χ0) is 16.9. The molecule has 0 saturated heterocycles. The highest BCUT2D eigenvalue weighted by atomic mass is 32.2. The highest BCUT2D eigenvalue weighted by molar-refractivity contribution is 8.13. The molecule has 0 aliphatic heterocycles. The molecule has 0 N–H and O–H groups in total. The van der Waals surface area contributed by atoms with Crippen molar-refractivity contribution in [3.63, 3.8) is 0 Å². The molecule has 126 valence electrons. The number of rotatable bonds is 9. The molecule has 1 aromatic carbocycles. The fraction of sp³-hybridized carbons (Fsp3) is 0.529. The molecule has 0 spiro atoms. The molecule has 23 heavy (non-hydrogen) atoms. The molecular formula is C17H26N4OS. The lowest BCUT2D eigenvalue weighted by atomic mass is 10.3. The van der Waals surface area contributed by atoms with Gasteiger partial charge in [-0.1, -0.05) is 43.8 Å². The third-order valence-corrected chi connectivity index (χ3v) is 4.27. The van der Waals surface area contributed by atoms with Crippen LogP contribution in [0.3, 0.4) is 0 Å². The molecule has 0 unspecified atom stereocenters. The summed E-state index contributed by atoms with van der Waals surface area (Å²) in [6.45, 7) is 9.41. The van der Waals surface area contributed by atoms with Crippen molar-refractivity contribution in [3.8, 4) is 11.9 Å². The Morgan fingerprint density at radius 1 is 1.17 bits per heavy atom. The summed E-state index contributed by atoms with van der Waals surface area (Å²) in [6.07, 6.45) is 3.84. The van der Waals surface area contributed by atoms with Gasteiger partial charge < -0.3 is 14.5 Å². The number of hydrogen-bond acceptors (Lipinski definition) is 5. The monoisotopic (exact) mass is 334 g/mol. The van der Waals surface area contributed by atoms with Crippen LogP contribution < -0.4 is 4.74 Å². The zero-order valence-electron chi connectivity index (χ0n) is 14.2. The quantitative estimate of drug-likeness (QED) is 0.395. The van der Waals surface area contributed by atoms with Crippen LogP contribution in [0.4, 0.5) is 0 Å². The molecule has 0 aliphatic carbocycles. The van der Waals surface area contributed by atoms with Crippen molar-refractivity contribution in [1.82, 2.24) is 9.80 Å². The summed E-state index contributed by atoms with van der Waals surface area (Å²) in [4.78, 5) is 8.41. The van der Waals surface area contributed by atoms with Crippen molar-refractivity contribution in [2.24, 2.45) is 4.99 Å². The van der Waals surface area contributed by atoms with E-state index in [0.29, 0.717) is 13.2 Å². The van der Waals surface area contributed by atoms with E-state index in [1.54, 1.807) is 0 Å². The number of nitriles is 1. The van der Waals surface area contributed by atoms with Crippen molar-refractivity contribution in [2.45, 2.75) is 13.8 Å². The van der Waals surface area contributed by atoms with Gasteiger partial charge in [-0.15, -0.1) is 4.99 Å². The molecule has 0 bridgehead atoms. The van der Waals surface area contributed by atoms with Crippen molar-refractivity contribution < 1.29 is 4.74 Å². The number of ether oxygens (including phenoxy) is 1. The maximum atomic E-state index is 8.87. The molecule has 6 heteroatoms. The van der Waals surface area contributed by atoms with E-state index in [1.165, 1.54) is 11.8 Å². The second kappa shape index (κ2) is 11.8. The molecule has 0 aromatic heterocycles. The number of thioether (sulfide) groups is 1. The van der Waals surface area contributed by atoms with Crippen LogP contribution >= 0.6 is 11.8 Å². The Morgan fingerprint density at radius 3 is 2.43 bits per heavy atom. The lowest BCUT2D eigenvalue weighted by Gasteiger charge is -2.27. The third-order valence-electron chi connectivity index (χ3n) is 3.55. The van der Waals surface area contributed by atoms with Crippen molar-refractivity contribution in [1.29, 1.82) is 5.26 Å². The summed E-state index contributed by atoms with van der Waals surface area (Å²) in [5.41, 5.74) is 0. The Bertz CT molecular complexity index is 497. The van der Waals surface area contributed by atoms with Crippen molar-refractivity contribution in [3.05, 3.63) is 30.3 Å².